The second-order valence-corrected chi connectivity index (χ2v) is 5.06. The highest BCUT2D eigenvalue weighted by molar-refractivity contribution is 5.53. The lowest BCUT2D eigenvalue weighted by Crippen LogP contribution is -2.25. The molecule has 0 aliphatic carbocycles. The van der Waals surface area contributed by atoms with E-state index in [0.717, 1.165) is 17.9 Å². The molecule has 1 aromatic carbocycles. The number of aromatic nitrogens is 3. The molecular formula is C15H18N4O. The lowest BCUT2D eigenvalue weighted by molar-refractivity contribution is 0.179. The molecule has 0 radical (unpaired) electrons. The number of H-pyrrole nitrogens is 1. The first-order chi connectivity index (χ1) is 9.78. The molecule has 0 amide bonds. The minimum absolute atomic E-state index is 0.0768. The van der Waals surface area contributed by atoms with Gasteiger partial charge in [0.1, 0.15) is 5.82 Å². The maximum atomic E-state index is 9.84. The molecule has 0 unspecified atom stereocenters. The largest absolute Gasteiger partial charge is 0.392 e. The molecule has 1 aromatic heterocycles. The van der Waals surface area contributed by atoms with E-state index in [0.29, 0.717) is 18.8 Å². The molecule has 2 N–H and O–H groups in total. The van der Waals surface area contributed by atoms with Gasteiger partial charge in [0.15, 0.2) is 5.82 Å². The summed E-state index contributed by atoms with van der Waals surface area (Å²) in [4.78, 5) is 6.74. The first-order valence-electron chi connectivity index (χ1n) is 6.78. The van der Waals surface area contributed by atoms with Gasteiger partial charge in [-0.2, -0.15) is 5.10 Å². The normalized spacial score (nSPS) is 23.1. The lowest BCUT2D eigenvalue weighted by atomic mass is 10.2. The molecule has 5 heteroatoms. The molecule has 1 saturated heterocycles. The summed E-state index contributed by atoms with van der Waals surface area (Å²) < 4.78 is 0. The van der Waals surface area contributed by atoms with Gasteiger partial charge in [0.2, 0.25) is 0 Å². The molecule has 1 fully saturated rings. The number of aromatic amines is 1. The van der Waals surface area contributed by atoms with Crippen LogP contribution in [0.15, 0.2) is 43.0 Å². The quantitative estimate of drug-likeness (QED) is 0.831. The molecular weight excluding hydrogens is 252 g/mol. The van der Waals surface area contributed by atoms with E-state index in [1.807, 2.05) is 36.4 Å². The Morgan fingerprint density at radius 1 is 1.40 bits per heavy atom. The molecule has 1 aliphatic heterocycles. The van der Waals surface area contributed by atoms with E-state index >= 15 is 0 Å². The van der Waals surface area contributed by atoms with E-state index in [-0.39, 0.29) is 12.1 Å². The number of nitrogens with zero attached hydrogens (tertiary/aromatic N) is 3. The highest BCUT2D eigenvalue weighted by Gasteiger charge is 2.33. The Kier molecular flexibility index (Phi) is 3.62. The van der Waals surface area contributed by atoms with Crippen molar-refractivity contribution in [3.63, 3.8) is 0 Å². The Bertz CT molecular complexity index is 581. The Morgan fingerprint density at radius 3 is 2.95 bits per heavy atom. The van der Waals surface area contributed by atoms with Crippen LogP contribution in [-0.4, -0.2) is 44.4 Å². The van der Waals surface area contributed by atoms with Crippen LogP contribution in [0.1, 0.15) is 18.3 Å². The zero-order valence-corrected chi connectivity index (χ0v) is 11.2. The summed E-state index contributed by atoms with van der Waals surface area (Å²) in [7, 11) is 0. The van der Waals surface area contributed by atoms with Crippen LogP contribution < -0.4 is 0 Å². The highest BCUT2D eigenvalue weighted by Crippen LogP contribution is 2.30. The van der Waals surface area contributed by atoms with Gasteiger partial charge < -0.3 is 5.11 Å². The number of hydrogen-bond acceptors (Lipinski definition) is 4. The van der Waals surface area contributed by atoms with Gasteiger partial charge in [0.05, 0.1) is 12.1 Å². The van der Waals surface area contributed by atoms with Gasteiger partial charge in [-0.25, -0.2) is 4.98 Å². The van der Waals surface area contributed by atoms with Crippen molar-refractivity contribution in [3.8, 4) is 11.4 Å². The summed E-state index contributed by atoms with van der Waals surface area (Å²) in [5.41, 5.74) is 0.990. The minimum atomic E-state index is -0.315. The van der Waals surface area contributed by atoms with Crippen LogP contribution in [0.2, 0.25) is 0 Å². The van der Waals surface area contributed by atoms with Crippen LogP contribution >= 0.6 is 0 Å². The third kappa shape index (κ3) is 2.50. The topological polar surface area (TPSA) is 65.0 Å². The average Bonchev–Trinajstić information content (AvgIpc) is 3.07. The van der Waals surface area contributed by atoms with Crippen molar-refractivity contribution in [2.24, 2.45) is 0 Å². The summed E-state index contributed by atoms with van der Waals surface area (Å²) >= 11 is 0. The van der Waals surface area contributed by atoms with Crippen LogP contribution in [0.25, 0.3) is 11.4 Å². The first-order valence-corrected chi connectivity index (χ1v) is 6.78. The predicted octanol–water partition coefficient (Wildman–Crippen LogP) is 1.77. The fourth-order valence-electron chi connectivity index (χ4n) is 2.67. The fraction of sp³-hybridized carbons (Fsp3) is 0.333. The summed E-state index contributed by atoms with van der Waals surface area (Å²) in [6.07, 6.45) is 2.21. The lowest BCUT2D eigenvalue weighted by Gasteiger charge is -2.19. The second kappa shape index (κ2) is 5.56. The van der Waals surface area contributed by atoms with Crippen molar-refractivity contribution >= 4 is 0 Å². The van der Waals surface area contributed by atoms with E-state index in [1.54, 1.807) is 0 Å². The van der Waals surface area contributed by atoms with Crippen LogP contribution in [0.4, 0.5) is 0 Å². The fourth-order valence-corrected chi connectivity index (χ4v) is 2.67. The Morgan fingerprint density at radius 2 is 2.20 bits per heavy atom. The molecule has 3 rings (SSSR count). The molecule has 20 heavy (non-hydrogen) atoms. The third-order valence-corrected chi connectivity index (χ3v) is 3.60. The highest BCUT2D eigenvalue weighted by atomic mass is 16.3. The van der Waals surface area contributed by atoms with Crippen molar-refractivity contribution < 1.29 is 5.11 Å². The van der Waals surface area contributed by atoms with Gasteiger partial charge in [-0.3, -0.25) is 10.00 Å². The monoisotopic (exact) mass is 270 g/mol. The van der Waals surface area contributed by atoms with E-state index in [9.17, 15) is 5.11 Å². The predicted molar refractivity (Wildman–Crippen MR) is 77.0 cm³/mol. The number of likely N-dealkylation sites (tertiary alicyclic amines) is 1. The molecule has 2 aromatic rings. The minimum Gasteiger partial charge on any atom is -0.392 e. The zero-order chi connectivity index (χ0) is 13.9. The van der Waals surface area contributed by atoms with Gasteiger partial charge in [0.25, 0.3) is 0 Å². The number of aliphatic hydroxyl groups excluding tert-OH is 1. The second-order valence-electron chi connectivity index (χ2n) is 5.06. The van der Waals surface area contributed by atoms with Crippen molar-refractivity contribution in [1.82, 2.24) is 20.1 Å². The number of rotatable bonds is 4. The molecule has 1 aliphatic rings. The van der Waals surface area contributed by atoms with Gasteiger partial charge in [0, 0.05) is 18.7 Å². The van der Waals surface area contributed by atoms with Crippen LogP contribution in [0, 0.1) is 0 Å². The van der Waals surface area contributed by atoms with Crippen LogP contribution in [-0.2, 0) is 0 Å². The number of benzene rings is 1. The van der Waals surface area contributed by atoms with Gasteiger partial charge >= 0.3 is 0 Å². The Labute approximate surface area is 118 Å². The first kappa shape index (κ1) is 13.0. The van der Waals surface area contributed by atoms with Crippen LogP contribution in [0.3, 0.4) is 0 Å². The average molecular weight is 270 g/mol. The molecule has 0 bridgehead atoms. The van der Waals surface area contributed by atoms with Crippen molar-refractivity contribution in [3.05, 3.63) is 48.8 Å². The van der Waals surface area contributed by atoms with Gasteiger partial charge in [-0.05, 0) is 6.42 Å². The molecule has 2 atom stereocenters. The number of β-amino-alcohol motifs (C(OH)–C–C–N with tert-alkyl or cyclic N) is 1. The molecule has 5 nitrogen and oxygen atoms in total. The van der Waals surface area contributed by atoms with E-state index in [1.165, 1.54) is 0 Å². The van der Waals surface area contributed by atoms with E-state index < -0.39 is 0 Å². The maximum absolute atomic E-state index is 9.84. The maximum Gasteiger partial charge on any atom is 0.181 e. The number of hydrogen-bond donors (Lipinski definition) is 2. The van der Waals surface area contributed by atoms with Gasteiger partial charge in [-0.1, -0.05) is 36.4 Å². The van der Waals surface area contributed by atoms with E-state index in [2.05, 4.69) is 26.7 Å². The molecule has 0 saturated carbocycles. The molecule has 0 spiro atoms. The summed E-state index contributed by atoms with van der Waals surface area (Å²) in [6.45, 7) is 5.15. The molecule has 104 valence electrons. The summed E-state index contributed by atoms with van der Waals surface area (Å²) in [5.74, 6) is 1.50. The van der Waals surface area contributed by atoms with E-state index in [4.69, 9.17) is 0 Å². The number of nitrogens with one attached hydrogen (secondary N) is 1. The van der Waals surface area contributed by atoms with Crippen LogP contribution in [0.5, 0.6) is 0 Å². The smallest absolute Gasteiger partial charge is 0.181 e. The third-order valence-electron chi connectivity index (χ3n) is 3.60. The number of aliphatic hydroxyl groups is 1. The van der Waals surface area contributed by atoms with Crippen molar-refractivity contribution in [2.75, 3.05) is 13.1 Å². The molecule has 2 heterocycles. The van der Waals surface area contributed by atoms with Gasteiger partial charge in [-0.15, -0.1) is 6.58 Å². The van der Waals surface area contributed by atoms with Crippen molar-refractivity contribution in [1.29, 1.82) is 0 Å². The van der Waals surface area contributed by atoms with Crippen molar-refractivity contribution in [2.45, 2.75) is 18.6 Å². The summed E-state index contributed by atoms with van der Waals surface area (Å²) in [6, 6.07) is 9.95. The SMILES string of the molecule is C=CCN1C[C@H](O)C[C@H]1c1nc(-c2ccccc2)n[nH]1. The standard InChI is InChI=1S/C15H18N4O/c1-2-8-19-10-12(20)9-13(19)15-16-14(17-18-15)11-6-4-3-5-7-11/h2-7,12-13,20H,1,8-10H2,(H,16,17,18)/t12-,13+/m1/s1. The zero-order valence-electron chi connectivity index (χ0n) is 11.2. The Hall–Kier alpha value is -1.98. The summed E-state index contributed by atoms with van der Waals surface area (Å²) in [5, 5.41) is 17.1. The Balaban J connectivity index is 1.84.